The molecule has 0 radical (unpaired) electrons. The molecule has 0 fully saturated rings. The number of nitrogens with zero attached hydrogens (tertiary/aromatic N) is 1. The smallest absolute Gasteiger partial charge is 0.0635 e. The highest BCUT2D eigenvalue weighted by Crippen LogP contribution is 2.09. The standard InChI is InChI=1S/C12H19N/c1-3-7-11(2)13-10-12-8-5-4-6-9-12/h5,8-9H,3-4,6-7,10H2,1-2H3/b13-11+. The summed E-state index contributed by atoms with van der Waals surface area (Å²) in [6, 6.07) is 0. The molecule has 0 N–H and O–H groups in total. The zero-order valence-corrected chi connectivity index (χ0v) is 8.71. The molecule has 1 aliphatic carbocycles. The average molecular weight is 177 g/mol. The van der Waals surface area contributed by atoms with Crippen molar-refractivity contribution < 1.29 is 0 Å². The van der Waals surface area contributed by atoms with E-state index in [1.165, 1.54) is 30.5 Å². The summed E-state index contributed by atoms with van der Waals surface area (Å²) in [5, 5.41) is 0. The van der Waals surface area contributed by atoms with E-state index in [9.17, 15) is 0 Å². The number of allylic oxidation sites excluding steroid dienone is 2. The molecule has 0 aliphatic heterocycles. The van der Waals surface area contributed by atoms with E-state index >= 15 is 0 Å². The average Bonchev–Trinajstić information content (AvgIpc) is 2.17. The van der Waals surface area contributed by atoms with Crippen LogP contribution in [0, 0.1) is 0 Å². The predicted molar refractivity (Wildman–Crippen MR) is 59.3 cm³/mol. The Morgan fingerprint density at radius 2 is 2.31 bits per heavy atom. The molecule has 1 heteroatoms. The second-order valence-corrected chi connectivity index (χ2v) is 3.56. The van der Waals surface area contributed by atoms with Crippen LogP contribution in [0.5, 0.6) is 0 Å². The van der Waals surface area contributed by atoms with Crippen LogP contribution in [-0.2, 0) is 0 Å². The minimum atomic E-state index is 0.877. The van der Waals surface area contributed by atoms with Crippen LogP contribution in [0.2, 0.25) is 0 Å². The first-order valence-corrected chi connectivity index (χ1v) is 5.18. The molecule has 0 amide bonds. The van der Waals surface area contributed by atoms with Crippen LogP contribution in [0.1, 0.15) is 39.5 Å². The Bertz CT molecular complexity index is 234. The Morgan fingerprint density at radius 3 is 2.92 bits per heavy atom. The van der Waals surface area contributed by atoms with Crippen LogP contribution in [0.4, 0.5) is 0 Å². The minimum Gasteiger partial charge on any atom is -0.290 e. The number of rotatable bonds is 4. The van der Waals surface area contributed by atoms with Gasteiger partial charge in [0.1, 0.15) is 0 Å². The number of hydrogen-bond donors (Lipinski definition) is 0. The Balaban J connectivity index is 2.36. The molecule has 1 aliphatic rings. The zero-order chi connectivity index (χ0) is 9.52. The first-order chi connectivity index (χ1) is 6.33. The van der Waals surface area contributed by atoms with Crippen molar-refractivity contribution in [3.8, 4) is 0 Å². The Labute approximate surface area is 81.3 Å². The van der Waals surface area contributed by atoms with E-state index in [0.717, 1.165) is 13.0 Å². The van der Waals surface area contributed by atoms with Gasteiger partial charge in [-0.05, 0) is 31.8 Å². The molecule has 13 heavy (non-hydrogen) atoms. The highest BCUT2D eigenvalue weighted by molar-refractivity contribution is 5.81. The van der Waals surface area contributed by atoms with Gasteiger partial charge in [0.25, 0.3) is 0 Å². The van der Waals surface area contributed by atoms with Gasteiger partial charge < -0.3 is 0 Å². The molecule has 0 atom stereocenters. The van der Waals surface area contributed by atoms with Gasteiger partial charge in [0.05, 0.1) is 6.54 Å². The van der Waals surface area contributed by atoms with E-state index in [0.29, 0.717) is 0 Å². The fourth-order valence-electron chi connectivity index (χ4n) is 1.45. The molecule has 0 spiro atoms. The van der Waals surface area contributed by atoms with E-state index < -0.39 is 0 Å². The third kappa shape index (κ3) is 4.07. The van der Waals surface area contributed by atoms with Gasteiger partial charge in [-0.25, -0.2) is 0 Å². The lowest BCUT2D eigenvalue weighted by molar-refractivity contribution is 0.964. The molecule has 0 unspecified atom stereocenters. The van der Waals surface area contributed by atoms with Gasteiger partial charge in [-0.15, -0.1) is 0 Å². The number of aliphatic imine (C=N–C) groups is 1. The molecular weight excluding hydrogens is 158 g/mol. The van der Waals surface area contributed by atoms with Crippen LogP contribution < -0.4 is 0 Å². The molecule has 0 aromatic heterocycles. The van der Waals surface area contributed by atoms with E-state index in [1.807, 2.05) is 0 Å². The van der Waals surface area contributed by atoms with Crippen LogP contribution in [0.25, 0.3) is 0 Å². The zero-order valence-electron chi connectivity index (χ0n) is 8.71. The topological polar surface area (TPSA) is 12.4 Å². The maximum absolute atomic E-state index is 4.53. The summed E-state index contributed by atoms with van der Waals surface area (Å²) in [7, 11) is 0. The minimum absolute atomic E-state index is 0.877. The summed E-state index contributed by atoms with van der Waals surface area (Å²) in [6.45, 7) is 5.19. The largest absolute Gasteiger partial charge is 0.290 e. The highest BCUT2D eigenvalue weighted by Gasteiger charge is 1.95. The van der Waals surface area contributed by atoms with Crippen molar-refractivity contribution in [3.05, 3.63) is 23.8 Å². The lowest BCUT2D eigenvalue weighted by atomic mass is 10.1. The van der Waals surface area contributed by atoms with Crippen molar-refractivity contribution in [2.75, 3.05) is 6.54 Å². The maximum atomic E-state index is 4.53. The van der Waals surface area contributed by atoms with Crippen molar-refractivity contribution in [2.24, 2.45) is 4.99 Å². The van der Waals surface area contributed by atoms with Crippen molar-refractivity contribution in [1.82, 2.24) is 0 Å². The molecule has 0 heterocycles. The fourth-order valence-corrected chi connectivity index (χ4v) is 1.45. The van der Waals surface area contributed by atoms with Gasteiger partial charge in [-0.2, -0.15) is 0 Å². The van der Waals surface area contributed by atoms with E-state index in [-0.39, 0.29) is 0 Å². The summed E-state index contributed by atoms with van der Waals surface area (Å²) < 4.78 is 0. The summed E-state index contributed by atoms with van der Waals surface area (Å²) in [4.78, 5) is 4.53. The SMILES string of the molecule is CCC/C(C)=N/CC1=CCCC=C1. The Hall–Kier alpha value is -0.850. The van der Waals surface area contributed by atoms with Crippen LogP contribution in [0.15, 0.2) is 28.8 Å². The van der Waals surface area contributed by atoms with Crippen LogP contribution in [0.3, 0.4) is 0 Å². The third-order valence-corrected chi connectivity index (χ3v) is 2.22. The second kappa shape index (κ2) is 5.74. The third-order valence-electron chi connectivity index (χ3n) is 2.22. The first kappa shape index (κ1) is 10.2. The monoisotopic (exact) mass is 177 g/mol. The fraction of sp³-hybridized carbons (Fsp3) is 0.583. The predicted octanol–water partition coefficient (Wildman–Crippen LogP) is 3.52. The molecule has 0 aromatic carbocycles. The quantitative estimate of drug-likeness (QED) is 0.583. The lowest BCUT2D eigenvalue weighted by Gasteiger charge is -2.04. The van der Waals surface area contributed by atoms with E-state index in [2.05, 4.69) is 37.1 Å². The molecule has 1 rings (SSSR count). The van der Waals surface area contributed by atoms with Crippen LogP contribution in [-0.4, -0.2) is 12.3 Å². The van der Waals surface area contributed by atoms with Crippen molar-refractivity contribution in [1.29, 1.82) is 0 Å². The highest BCUT2D eigenvalue weighted by atomic mass is 14.7. The van der Waals surface area contributed by atoms with E-state index in [1.54, 1.807) is 0 Å². The molecular formula is C12H19N. The summed E-state index contributed by atoms with van der Waals surface area (Å²) in [5.74, 6) is 0. The maximum Gasteiger partial charge on any atom is 0.0635 e. The normalized spacial score (nSPS) is 17.4. The molecule has 0 aromatic rings. The van der Waals surface area contributed by atoms with Crippen molar-refractivity contribution in [2.45, 2.75) is 39.5 Å². The van der Waals surface area contributed by atoms with Crippen molar-refractivity contribution >= 4 is 5.71 Å². The Kier molecular flexibility index (Phi) is 4.52. The molecule has 0 saturated carbocycles. The summed E-state index contributed by atoms with van der Waals surface area (Å²) in [6.07, 6.45) is 11.4. The first-order valence-electron chi connectivity index (χ1n) is 5.18. The Morgan fingerprint density at radius 1 is 1.46 bits per heavy atom. The summed E-state index contributed by atoms with van der Waals surface area (Å²) in [5.41, 5.74) is 2.66. The van der Waals surface area contributed by atoms with Gasteiger partial charge in [0, 0.05) is 5.71 Å². The van der Waals surface area contributed by atoms with Gasteiger partial charge >= 0.3 is 0 Å². The molecule has 0 bridgehead atoms. The van der Waals surface area contributed by atoms with Gasteiger partial charge in [0.2, 0.25) is 0 Å². The molecule has 1 nitrogen and oxygen atoms in total. The lowest BCUT2D eigenvalue weighted by Crippen LogP contribution is -1.95. The van der Waals surface area contributed by atoms with Gasteiger partial charge in [-0.3, -0.25) is 4.99 Å². The molecule has 72 valence electrons. The number of hydrogen-bond acceptors (Lipinski definition) is 1. The second-order valence-electron chi connectivity index (χ2n) is 3.56. The van der Waals surface area contributed by atoms with Crippen molar-refractivity contribution in [3.63, 3.8) is 0 Å². The van der Waals surface area contributed by atoms with Gasteiger partial charge in [-0.1, -0.05) is 31.6 Å². The molecule has 0 saturated heterocycles. The van der Waals surface area contributed by atoms with E-state index in [4.69, 9.17) is 0 Å². The summed E-state index contributed by atoms with van der Waals surface area (Å²) >= 11 is 0. The van der Waals surface area contributed by atoms with Crippen LogP contribution >= 0.6 is 0 Å². The van der Waals surface area contributed by atoms with Gasteiger partial charge in [0.15, 0.2) is 0 Å².